The van der Waals surface area contributed by atoms with Crippen molar-refractivity contribution in [1.82, 2.24) is 10.6 Å². The molecule has 1 heterocycles. The van der Waals surface area contributed by atoms with Crippen molar-refractivity contribution in [2.45, 2.75) is 39.2 Å². The van der Waals surface area contributed by atoms with Crippen LogP contribution in [0.15, 0.2) is 24.3 Å². The van der Waals surface area contributed by atoms with E-state index < -0.39 is 0 Å². The van der Waals surface area contributed by atoms with Crippen molar-refractivity contribution in [3.63, 3.8) is 0 Å². The van der Waals surface area contributed by atoms with Gasteiger partial charge in [0.05, 0.1) is 6.54 Å². The van der Waals surface area contributed by atoms with Crippen LogP contribution < -0.4 is 15.4 Å². The number of ether oxygens (including phenoxy) is 1. The first-order valence-electron chi connectivity index (χ1n) is 8.44. The molecule has 1 aromatic carbocycles. The molecular formula is C18H28Cl2N2O2. The molecule has 3 unspecified atom stereocenters. The van der Waals surface area contributed by atoms with Crippen LogP contribution in [-0.2, 0) is 4.79 Å². The van der Waals surface area contributed by atoms with E-state index in [1.165, 1.54) is 12.8 Å². The first kappa shape index (κ1) is 21.1. The molecule has 0 aliphatic carbocycles. The number of nitrogens with one attached hydrogen (secondary N) is 2. The number of benzene rings is 1. The molecule has 4 nitrogen and oxygen atoms in total. The van der Waals surface area contributed by atoms with Crippen LogP contribution in [-0.4, -0.2) is 31.6 Å². The summed E-state index contributed by atoms with van der Waals surface area (Å²) in [5.74, 6) is 1.89. The predicted octanol–water partition coefficient (Wildman–Crippen LogP) is 3.67. The molecule has 0 saturated carbocycles. The average molecular weight is 375 g/mol. The van der Waals surface area contributed by atoms with Crippen LogP contribution in [0.3, 0.4) is 0 Å². The minimum atomic E-state index is -0.0771. The molecular weight excluding hydrogens is 347 g/mol. The maximum atomic E-state index is 12.1. The third-order valence-corrected chi connectivity index (χ3v) is 4.64. The number of halogens is 2. The minimum absolute atomic E-state index is 0. The predicted molar refractivity (Wildman–Crippen MR) is 101 cm³/mol. The first-order valence-corrected chi connectivity index (χ1v) is 8.82. The molecule has 1 aromatic rings. The van der Waals surface area contributed by atoms with Crippen molar-refractivity contribution >= 4 is 29.9 Å². The lowest BCUT2D eigenvalue weighted by molar-refractivity contribution is -0.122. The van der Waals surface area contributed by atoms with Crippen LogP contribution in [0, 0.1) is 11.8 Å². The van der Waals surface area contributed by atoms with Crippen molar-refractivity contribution < 1.29 is 9.53 Å². The van der Waals surface area contributed by atoms with Gasteiger partial charge in [-0.1, -0.05) is 18.5 Å². The van der Waals surface area contributed by atoms with E-state index in [1.54, 1.807) is 12.1 Å². The Hall–Kier alpha value is -0.970. The molecule has 24 heavy (non-hydrogen) atoms. The number of rotatable bonds is 7. The van der Waals surface area contributed by atoms with Gasteiger partial charge in [0.25, 0.3) is 0 Å². The zero-order valence-electron chi connectivity index (χ0n) is 14.4. The fourth-order valence-electron chi connectivity index (χ4n) is 2.94. The van der Waals surface area contributed by atoms with Crippen molar-refractivity contribution in [3.05, 3.63) is 29.3 Å². The number of hydrogen-bond donors (Lipinski definition) is 2. The quantitative estimate of drug-likeness (QED) is 0.765. The zero-order valence-corrected chi connectivity index (χ0v) is 16.0. The van der Waals surface area contributed by atoms with Gasteiger partial charge in [-0.15, -0.1) is 12.4 Å². The number of hydrogen-bond acceptors (Lipinski definition) is 3. The topological polar surface area (TPSA) is 50.4 Å². The summed E-state index contributed by atoms with van der Waals surface area (Å²) in [5.41, 5.74) is 0. The van der Waals surface area contributed by atoms with Crippen LogP contribution in [0.25, 0.3) is 0 Å². The van der Waals surface area contributed by atoms with E-state index in [0.29, 0.717) is 29.8 Å². The maximum absolute atomic E-state index is 12.1. The highest BCUT2D eigenvalue weighted by atomic mass is 35.5. The van der Waals surface area contributed by atoms with Crippen molar-refractivity contribution in [1.29, 1.82) is 0 Å². The summed E-state index contributed by atoms with van der Waals surface area (Å²) in [4.78, 5) is 12.1. The molecule has 1 aliphatic heterocycles. The lowest BCUT2D eigenvalue weighted by Gasteiger charge is -2.28. The van der Waals surface area contributed by atoms with E-state index in [2.05, 4.69) is 17.6 Å². The highest BCUT2D eigenvalue weighted by Crippen LogP contribution is 2.22. The van der Waals surface area contributed by atoms with Gasteiger partial charge in [0, 0.05) is 11.4 Å². The Morgan fingerprint density at radius 2 is 2.08 bits per heavy atom. The first-order chi connectivity index (χ1) is 11.0. The Labute approximate surface area is 156 Å². The zero-order chi connectivity index (χ0) is 16.7. The number of piperidine rings is 1. The van der Waals surface area contributed by atoms with Gasteiger partial charge in [-0.25, -0.2) is 0 Å². The van der Waals surface area contributed by atoms with Crippen LogP contribution in [0.1, 0.15) is 33.1 Å². The Morgan fingerprint density at radius 1 is 1.38 bits per heavy atom. The fraction of sp³-hybridized carbons (Fsp3) is 0.611. The van der Waals surface area contributed by atoms with Crippen molar-refractivity contribution in [3.8, 4) is 5.75 Å². The number of carbonyl (C=O) groups excluding carboxylic acids is 1. The minimum Gasteiger partial charge on any atom is -0.489 e. The van der Waals surface area contributed by atoms with Crippen LogP contribution in [0.4, 0.5) is 0 Å². The molecule has 2 N–H and O–H groups in total. The maximum Gasteiger partial charge on any atom is 0.220 e. The van der Waals surface area contributed by atoms with Gasteiger partial charge in [0.1, 0.15) is 11.9 Å². The van der Waals surface area contributed by atoms with Crippen molar-refractivity contribution in [2.24, 2.45) is 11.8 Å². The second kappa shape index (κ2) is 10.8. The van der Waals surface area contributed by atoms with Gasteiger partial charge < -0.3 is 15.4 Å². The molecule has 2 rings (SSSR count). The number of carbonyl (C=O) groups is 1. The van der Waals surface area contributed by atoms with Gasteiger partial charge in [0.15, 0.2) is 0 Å². The Bertz CT molecular complexity index is 490. The van der Waals surface area contributed by atoms with Gasteiger partial charge in [-0.2, -0.15) is 0 Å². The van der Waals surface area contributed by atoms with Gasteiger partial charge >= 0.3 is 0 Å². The van der Waals surface area contributed by atoms with E-state index in [4.69, 9.17) is 16.3 Å². The fourth-order valence-corrected chi connectivity index (χ4v) is 3.07. The molecule has 0 aromatic heterocycles. The SMILES string of the molecule is CC(CNC(=O)CC(C)C1CCCNC1)Oc1ccc(Cl)cc1.Cl. The number of amides is 1. The smallest absolute Gasteiger partial charge is 0.220 e. The van der Waals surface area contributed by atoms with Crippen molar-refractivity contribution in [2.75, 3.05) is 19.6 Å². The van der Waals surface area contributed by atoms with E-state index >= 15 is 0 Å². The van der Waals surface area contributed by atoms with Crippen LogP contribution >= 0.6 is 24.0 Å². The average Bonchev–Trinajstić information content (AvgIpc) is 2.56. The summed E-state index contributed by atoms with van der Waals surface area (Å²) in [5, 5.41) is 7.07. The third-order valence-electron chi connectivity index (χ3n) is 4.38. The van der Waals surface area contributed by atoms with E-state index in [9.17, 15) is 4.79 Å². The summed E-state index contributed by atoms with van der Waals surface area (Å²) >= 11 is 5.85. The molecule has 1 aliphatic rings. The third kappa shape index (κ3) is 7.29. The summed E-state index contributed by atoms with van der Waals surface area (Å²) in [6.45, 7) is 6.77. The lowest BCUT2D eigenvalue weighted by atomic mass is 9.85. The Balaban J connectivity index is 0.00000288. The second-order valence-electron chi connectivity index (χ2n) is 6.47. The van der Waals surface area contributed by atoms with E-state index in [0.717, 1.165) is 18.8 Å². The van der Waals surface area contributed by atoms with Crippen LogP contribution in [0.5, 0.6) is 5.75 Å². The van der Waals surface area contributed by atoms with Gasteiger partial charge in [-0.05, 0) is 69.0 Å². The summed E-state index contributed by atoms with van der Waals surface area (Å²) < 4.78 is 5.76. The summed E-state index contributed by atoms with van der Waals surface area (Å²) in [6.07, 6.45) is 2.94. The van der Waals surface area contributed by atoms with E-state index in [1.807, 2.05) is 19.1 Å². The molecule has 6 heteroatoms. The van der Waals surface area contributed by atoms with Gasteiger partial charge in [0.2, 0.25) is 5.91 Å². The summed E-state index contributed by atoms with van der Waals surface area (Å²) in [7, 11) is 0. The molecule has 1 saturated heterocycles. The molecule has 136 valence electrons. The highest BCUT2D eigenvalue weighted by Gasteiger charge is 2.22. The molecule has 3 atom stereocenters. The monoisotopic (exact) mass is 374 g/mol. The molecule has 0 radical (unpaired) electrons. The Kier molecular flexibility index (Phi) is 9.49. The summed E-state index contributed by atoms with van der Waals surface area (Å²) in [6, 6.07) is 7.25. The Morgan fingerprint density at radius 3 is 2.71 bits per heavy atom. The largest absolute Gasteiger partial charge is 0.489 e. The molecule has 0 bridgehead atoms. The molecule has 1 amide bonds. The molecule has 0 spiro atoms. The standard InChI is InChI=1S/C18H27ClN2O2.ClH/c1-13(15-4-3-9-20-12-15)10-18(22)21-11-14(2)23-17-7-5-16(19)6-8-17;/h5-8,13-15,20H,3-4,9-12H2,1-2H3,(H,21,22);1H. The van der Waals surface area contributed by atoms with Gasteiger partial charge in [-0.3, -0.25) is 4.79 Å². The highest BCUT2D eigenvalue weighted by molar-refractivity contribution is 6.30. The lowest BCUT2D eigenvalue weighted by Crippen LogP contribution is -2.37. The second-order valence-corrected chi connectivity index (χ2v) is 6.91. The normalized spacial score (nSPS) is 19.7. The van der Waals surface area contributed by atoms with E-state index in [-0.39, 0.29) is 24.4 Å². The van der Waals surface area contributed by atoms with Crippen LogP contribution in [0.2, 0.25) is 5.02 Å². The molecule has 1 fully saturated rings.